The van der Waals surface area contributed by atoms with Crippen LogP contribution in [0.5, 0.6) is 5.88 Å². The van der Waals surface area contributed by atoms with E-state index in [2.05, 4.69) is 32.6 Å². The van der Waals surface area contributed by atoms with Crippen LogP contribution >= 0.6 is 22.6 Å². The average Bonchev–Trinajstić information content (AvgIpc) is 2.96. The Bertz CT molecular complexity index is 636. The Morgan fingerprint density at radius 1 is 1.38 bits per heavy atom. The van der Waals surface area contributed by atoms with Crippen LogP contribution in [0.4, 0.5) is 0 Å². The fourth-order valence-electron chi connectivity index (χ4n) is 2.33. The third kappa shape index (κ3) is 3.49. The average molecular weight is 395 g/mol. The van der Waals surface area contributed by atoms with Crippen LogP contribution in [-0.2, 0) is 0 Å². The number of nitrogens with zero attached hydrogens (tertiary/aromatic N) is 3. The summed E-state index contributed by atoms with van der Waals surface area (Å²) in [5.41, 5.74) is 0.724. The van der Waals surface area contributed by atoms with E-state index in [1.54, 1.807) is 18.6 Å². The van der Waals surface area contributed by atoms with Gasteiger partial charge >= 0.3 is 0 Å². The molecule has 3 rings (SSSR count). The minimum atomic E-state index is -0.0200. The maximum atomic E-state index is 12.4. The van der Waals surface area contributed by atoms with Crippen LogP contribution in [-0.4, -0.2) is 40.0 Å². The van der Waals surface area contributed by atoms with E-state index in [0.29, 0.717) is 19.0 Å². The molecule has 0 aliphatic carbocycles. The third-order valence-electron chi connectivity index (χ3n) is 3.33. The lowest BCUT2D eigenvalue weighted by Gasteiger charge is -2.17. The summed E-state index contributed by atoms with van der Waals surface area (Å²) in [5.74, 6) is 0.560. The number of benzene rings is 1. The number of halogens is 1. The van der Waals surface area contributed by atoms with E-state index >= 15 is 0 Å². The number of hydrogen-bond acceptors (Lipinski definition) is 4. The Balaban J connectivity index is 1.63. The van der Waals surface area contributed by atoms with E-state index in [0.717, 1.165) is 15.6 Å². The molecule has 0 N–H and O–H groups in total. The van der Waals surface area contributed by atoms with Crippen molar-refractivity contribution in [2.24, 2.45) is 0 Å². The summed E-state index contributed by atoms with van der Waals surface area (Å²) in [7, 11) is 0. The third-order valence-corrected chi connectivity index (χ3v) is 4.00. The summed E-state index contributed by atoms with van der Waals surface area (Å²) < 4.78 is 6.81. The second-order valence-electron chi connectivity index (χ2n) is 4.83. The molecule has 108 valence electrons. The maximum Gasteiger partial charge on any atom is 0.254 e. The zero-order valence-electron chi connectivity index (χ0n) is 11.3. The van der Waals surface area contributed by atoms with E-state index in [-0.39, 0.29) is 12.0 Å². The number of amides is 1. The van der Waals surface area contributed by atoms with Gasteiger partial charge in [-0.1, -0.05) is 6.07 Å². The van der Waals surface area contributed by atoms with Crippen LogP contribution in [0.15, 0.2) is 42.9 Å². The predicted octanol–water partition coefficient (Wildman–Crippen LogP) is 2.37. The smallest absolute Gasteiger partial charge is 0.254 e. The SMILES string of the molecule is O=C(c1cccc(I)c1)N1CCC(Oc2cnccn2)C1. The lowest BCUT2D eigenvalue weighted by Crippen LogP contribution is -2.31. The van der Waals surface area contributed by atoms with Gasteiger partial charge in [0.15, 0.2) is 0 Å². The van der Waals surface area contributed by atoms with Crippen LogP contribution < -0.4 is 4.74 Å². The number of ether oxygens (including phenoxy) is 1. The van der Waals surface area contributed by atoms with Gasteiger partial charge in [-0.05, 0) is 40.8 Å². The first-order valence-electron chi connectivity index (χ1n) is 6.70. The summed E-state index contributed by atoms with van der Waals surface area (Å²) in [6, 6.07) is 7.63. The Hall–Kier alpha value is -1.70. The van der Waals surface area contributed by atoms with Crippen LogP contribution in [0, 0.1) is 3.57 Å². The molecule has 2 aromatic rings. The van der Waals surface area contributed by atoms with Crippen molar-refractivity contribution in [1.29, 1.82) is 0 Å². The highest BCUT2D eigenvalue weighted by atomic mass is 127. The van der Waals surface area contributed by atoms with Gasteiger partial charge < -0.3 is 9.64 Å². The first-order chi connectivity index (χ1) is 10.2. The fraction of sp³-hybridized carbons (Fsp3) is 0.267. The maximum absolute atomic E-state index is 12.4. The van der Waals surface area contributed by atoms with Crippen molar-refractivity contribution in [2.45, 2.75) is 12.5 Å². The van der Waals surface area contributed by atoms with E-state index in [1.807, 2.05) is 29.2 Å². The molecule has 6 heteroatoms. The molecule has 1 aromatic heterocycles. The molecule has 1 aliphatic rings. The lowest BCUT2D eigenvalue weighted by atomic mass is 10.2. The highest BCUT2D eigenvalue weighted by Crippen LogP contribution is 2.18. The molecule has 1 aromatic carbocycles. The van der Waals surface area contributed by atoms with Crippen molar-refractivity contribution in [2.75, 3.05) is 13.1 Å². The largest absolute Gasteiger partial charge is 0.471 e. The van der Waals surface area contributed by atoms with Crippen molar-refractivity contribution < 1.29 is 9.53 Å². The van der Waals surface area contributed by atoms with E-state index in [9.17, 15) is 4.79 Å². The number of aromatic nitrogens is 2. The zero-order valence-corrected chi connectivity index (χ0v) is 13.4. The topological polar surface area (TPSA) is 55.3 Å². The Morgan fingerprint density at radius 2 is 2.29 bits per heavy atom. The number of carbonyl (C=O) groups is 1. The molecular formula is C15H14IN3O2. The van der Waals surface area contributed by atoms with E-state index in [4.69, 9.17) is 4.74 Å². The zero-order chi connectivity index (χ0) is 14.7. The number of carbonyl (C=O) groups excluding carboxylic acids is 1. The van der Waals surface area contributed by atoms with Gasteiger partial charge in [0.1, 0.15) is 6.10 Å². The Kier molecular flexibility index (Phi) is 4.33. The molecule has 0 spiro atoms. The molecule has 1 atom stereocenters. The highest BCUT2D eigenvalue weighted by Gasteiger charge is 2.28. The van der Waals surface area contributed by atoms with Crippen LogP contribution in [0.1, 0.15) is 16.8 Å². The summed E-state index contributed by atoms with van der Waals surface area (Å²) >= 11 is 2.21. The monoisotopic (exact) mass is 395 g/mol. The molecule has 1 saturated heterocycles. The van der Waals surface area contributed by atoms with E-state index < -0.39 is 0 Å². The minimum absolute atomic E-state index is 0.0200. The van der Waals surface area contributed by atoms with Crippen molar-refractivity contribution in [3.63, 3.8) is 0 Å². The second-order valence-corrected chi connectivity index (χ2v) is 6.08. The van der Waals surface area contributed by atoms with Gasteiger partial charge in [0, 0.05) is 34.5 Å². The van der Waals surface area contributed by atoms with Crippen molar-refractivity contribution >= 4 is 28.5 Å². The molecule has 1 aliphatic heterocycles. The van der Waals surface area contributed by atoms with Crippen molar-refractivity contribution in [3.05, 3.63) is 52.0 Å². The quantitative estimate of drug-likeness (QED) is 0.749. The van der Waals surface area contributed by atoms with Crippen molar-refractivity contribution in [1.82, 2.24) is 14.9 Å². The predicted molar refractivity (Wildman–Crippen MR) is 86.1 cm³/mol. The molecule has 21 heavy (non-hydrogen) atoms. The van der Waals surface area contributed by atoms with Crippen LogP contribution in [0.25, 0.3) is 0 Å². The summed E-state index contributed by atoms with van der Waals surface area (Å²) in [6.45, 7) is 1.29. The molecule has 0 saturated carbocycles. The minimum Gasteiger partial charge on any atom is -0.471 e. The van der Waals surface area contributed by atoms with Gasteiger partial charge in [-0.2, -0.15) is 0 Å². The number of rotatable bonds is 3. The van der Waals surface area contributed by atoms with Gasteiger partial charge in [0.05, 0.1) is 12.7 Å². The Morgan fingerprint density at radius 3 is 3.05 bits per heavy atom. The summed E-state index contributed by atoms with van der Waals surface area (Å²) in [4.78, 5) is 22.3. The van der Waals surface area contributed by atoms with E-state index in [1.165, 1.54) is 0 Å². The van der Waals surface area contributed by atoms with Crippen LogP contribution in [0.3, 0.4) is 0 Å². The standard InChI is InChI=1S/C15H14IN3O2/c16-12-3-1-2-11(8-12)15(20)19-7-4-13(10-19)21-14-9-17-5-6-18-14/h1-3,5-6,8-9,13H,4,7,10H2. The normalized spacial score (nSPS) is 17.8. The first kappa shape index (κ1) is 14.2. The first-order valence-corrected chi connectivity index (χ1v) is 7.78. The molecule has 5 nitrogen and oxygen atoms in total. The lowest BCUT2D eigenvalue weighted by molar-refractivity contribution is 0.0771. The summed E-state index contributed by atoms with van der Waals surface area (Å²) in [6.07, 6.45) is 5.58. The fourth-order valence-corrected chi connectivity index (χ4v) is 2.87. The van der Waals surface area contributed by atoms with Crippen molar-refractivity contribution in [3.8, 4) is 5.88 Å². The van der Waals surface area contributed by atoms with Crippen LogP contribution in [0.2, 0.25) is 0 Å². The summed E-state index contributed by atoms with van der Waals surface area (Å²) in [5, 5.41) is 0. The van der Waals surface area contributed by atoms with Gasteiger partial charge in [-0.15, -0.1) is 0 Å². The molecule has 0 bridgehead atoms. The van der Waals surface area contributed by atoms with Gasteiger partial charge in [0.2, 0.25) is 5.88 Å². The molecule has 1 fully saturated rings. The molecule has 0 radical (unpaired) electrons. The van der Waals surface area contributed by atoms with Gasteiger partial charge in [0.25, 0.3) is 5.91 Å². The number of likely N-dealkylation sites (tertiary alicyclic amines) is 1. The molecule has 2 heterocycles. The van der Waals surface area contributed by atoms with Gasteiger partial charge in [-0.25, -0.2) is 4.98 Å². The highest BCUT2D eigenvalue weighted by molar-refractivity contribution is 14.1. The Labute approximate surface area is 136 Å². The second kappa shape index (κ2) is 6.38. The number of hydrogen-bond donors (Lipinski definition) is 0. The molecular weight excluding hydrogens is 381 g/mol. The van der Waals surface area contributed by atoms with Gasteiger partial charge in [-0.3, -0.25) is 9.78 Å². The molecule has 1 unspecified atom stereocenters. The molecule has 1 amide bonds.